The van der Waals surface area contributed by atoms with Gasteiger partial charge in [-0.3, -0.25) is 4.72 Å². The molecule has 0 saturated carbocycles. The smallest absolute Gasteiger partial charge is 0.263 e. The zero-order valence-corrected chi connectivity index (χ0v) is 15.3. The maximum Gasteiger partial charge on any atom is 0.263 e. The molecule has 0 saturated heterocycles. The van der Waals surface area contributed by atoms with Gasteiger partial charge in [-0.15, -0.1) is 0 Å². The number of hydrogen-bond donors (Lipinski definition) is 2. The number of sulfonamides is 1. The number of hydrogen-bond acceptors (Lipinski definition) is 3. The summed E-state index contributed by atoms with van der Waals surface area (Å²) in [5.41, 5.74) is 1.91. The Balaban J connectivity index is 2.43. The topological polar surface area (TPSA) is 66.4 Å². The Morgan fingerprint density at radius 3 is 2.29 bits per heavy atom. The van der Waals surface area contributed by atoms with Crippen molar-refractivity contribution in [1.29, 1.82) is 0 Å². The summed E-state index contributed by atoms with van der Waals surface area (Å²) in [5, 5.41) is 9.65. The standard InChI is InChI=1S/C14H13Br2NO3S/c1-8-3-4-10(6-13(8)18)17-21(19,20)14-7-11(15)9(2)5-12(14)16/h3-7,17-18H,1-2H3. The molecule has 0 amide bonds. The minimum absolute atomic E-state index is 0.0411. The van der Waals surface area contributed by atoms with Gasteiger partial charge in [0, 0.05) is 15.0 Å². The molecular formula is C14H13Br2NO3S. The van der Waals surface area contributed by atoms with Crippen molar-refractivity contribution in [2.75, 3.05) is 4.72 Å². The van der Waals surface area contributed by atoms with E-state index < -0.39 is 10.0 Å². The van der Waals surface area contributed by atoms with Crippen LogP contribution < -0.4 is 4.72 Å². The SMILES string of the molecule is Cc1ccc(NS(=O)(=O)c2cc(Br)c(C)cc2Br)cc1O. The van der Waals surface area contributed by atoms with Crippen LogP contribution in [0.4, 0.5) is 5.69 Å². The fourth-order valence-corrected chi connectivity index (χ4v) is 4.44. The molecule has 0 aliphatic carbocycles. The van der Waals surface area contributed by atoms with Gasteiger partial charge in [-0.25, -0.2) is 8.42 Å². The average Bonchev–Trinajstić information content (AvgIpc) is 2.37. The highest BCUT2D eigenvalue weighted by molar-refractivity contribution is 9.11. The van der Waals surface area contributed by atoms with E-state index in [9.17, 15) is 13.5 Å². The fourth-order valence-electron chi connectivity index (χ4n) is 1.72. The lowest BCUT2D eigenvalue weighted by Crippen LogP contribution is -2.13. The Morgan fingerprint density at radius 2 is 1.67 bits per heavy atom. The van der Waals surface area contributed by atoms with Crippen LogP contribution in [0.2, 0.25) is 0 Å². The number of phenols is 1. The van der Waals surface area contributed by atoms with Crippen molar-refractivity contribution < 1.29 is 13.5 Å². The molecule has 4 nitrogen and oxygen atoms in total. The van der Waals surface area contributed by atoms with Gasteiger partial charge in [0.1, 0.15) is 10.6 Å². The molecule has 0 atom stereocenters. The Hall–Kier alpha value is -1.05. The normalized spacial score (nSPS) is 11.4. The molecule has 7 heteroatoms. The zero-order valence-electron chi connectivity index (χ0n) is 11.3. The molecule has 2 aromatic carbocycles. The van der Waals surface area contributed by atoms with Crippen molar-refractivity contribution in [1.82, 2.24) is 0 Å². The summed E-state index contributed by atoms with van der Waals surface area (Å²) in [6.45, 7) is 3.61. The minimum atomic E-state index is -3.75. The van der Waals surface area contributed by atoms with Crippen LogP contribution in [-0.2, 0) is 10.0 Å². The number of halogens is 2. The van der Waals surface area contributed by atoms with E-state index in [-0.39, 0.29) is 10.6 Å². The van der Waals surface area contributed by atoms with Gasteiger partial charge in [0.25, 0.3) is 10.0 Å². The summed E-state index contributed by atoms with van der Waals surface area (Å²) in [5.74, 6) is 0.0411. The Kier molecular flexibility index (Phi) is 4.65. The maximum absolute atomic E-state index is 12.4. The van der Waals surface area contributed by atoms with Crippen LogP contribution in [0.3, 0.4) is 0 Å². The van der Waals surface area contributed by atoms with Crippen LogP contribution in [-0.4, -0.2) is 13.5 Å². The predicted molar refractivity (Wildman–Crippen MR) is 90.2 cm³/mol. The molecule has 0 spiro atoms. The van der Waals surface area contributed by atoms with Crippen LogP contribution in [0.1, 0.15) is 11.1 Å². The zero-order chi connectivity index (χ0) is 15.8. The van der Waals surface area contributed by atoms with Crippen molar-refractivity contribution in [2.45, 2.75) is 18.7 Å². The number of phenolic OH excluding ortho intramolecular Hbond substituents is 1. The Labute approximate surface area is 140 Å². The lowest BCUT2D eigenvalue weighted by Gasteiger charge is -2.12. The van der Waals surface area contributed by atoms with Crippen LogP contribution >= 0.6 is 31.9 Å². The van der Waals surface area contributed by atoms with Gasteiger partial charge in [0.05, 0.1) is 5.69 Å². The van der Waals surface area contributed by atoms with Crippen LogP contribution in [0.15, 0.2) is 44.2 Å². The lowest BCUT2D eigenvalue weighted by atomic mass is 10.2. The monoisotopic (exact) mass is 433 g/mol. The predicted octanol–water partition coefficient (Wildman–Crippen LogP) is 4.33. The van der Waals surface area contributed by atoms with Gasteiger partial charge in [-0.05, 0) is 59.1 Å². The molecule has 21 heavy (non-hydrogen) atoms. The van der Waals surface area contributed by atoms with E-state index >= 15 is 0 Å². The average molecular weight is 435 g/mol. The van der Waals surface area contributed by atoms with E-state index in [1.807, 2.05) is 6.92 Å². The first-order valence-corrected chi connectivity index (χ1v) is 9.06. The number of anilines is 1. The van der Waals surface area contributed by atoms with Crippen molar-refractivity contribution in [3.63, 3.8) is 0 Å². The van der Waals surface area contributed by atoms with Crippen LogP contribution in [0.25, 0.3) is 0 Å². The first kappa shape index (κ1) is 16.3. The Morgan fingerprint density at radius 1 is 1.00 bits per heavy atom. The second kappa shape index (κ2) is 5.98. The number of nitrogens with one attached hydrogen (secondary N) is 1. The molecular weight excluding hydrogens is 422 g/mol. The molecule has 0 unspecified atom stereocenters. The fraction of sp³-hybridized carbons (Fsp3) is 0.143. The lowest BCUT2D eigenvalue weighted by molar-refractivity contribution is 0.471. The largest absolute Gasteiger partial charge is 0.508 e. The number of benzene rings is 2. The summed E-state index contributed by atoms with van der Waals surface area (Å²) in [4.78, 5) is 0.125. The summed E-state index contributed by atoms with van der Waals surface area (Å²) in [6, 6.07) is 7.89. The third-order valence-corrected chi connectivity index (χ3v) is 6.16. The molecule has 2 rings (SSSR count). The van der Waals surface area contributed by atoms with E-state index in [1.165, 1.54) is 12.1 Å². The van der Waals surface area contributed by atoms with E-state index in [0.29, 0.717) is 20.2 Å². The molecule has 0 heterocycles. The second-order valence-corrected chi connectivity index (χ2v) is 8.00. The maximum atomic E-state index is 12.4. The molecule has 0 aromatic heterocycles. The number of rotatable bonds is 3. The van der Waals surface area contributed by atoms with Crippen molar-refractivity contribution in [2.24, 2.45) is 0 Å². The quantitative estimate of drug-likeness (QED) is 0.755. The summed E-state index contributed by atoms with van der Waals surface area (Å²) < 4.78 is 28.5. The molecule has 0 radical (unpaired) electrons. The molecule has 2 aromatic rings. The van der Waals surface area contributed by atoms with Crippen molar-refractivity contribution >= 4 is 47.6 Å². The second-order valence-electron chi connectivity index (χ2n) is 4.64. The van der Waals surface area contributed by atoms with Gasteiger partial charge in [0.15, 0.2) is 0 Å². The first-order valence-electron chi connectivity index (χ1n) is 5.99. The number of aromatic hydroxyl groups is 1. The molecule has 0 aliphatic rings. The van der Waals surface area contributed by atoms with Gasteiger partial charge in [0.2, 0.25) is 0 Å². The summed E-state index contributed by atoms with van der Waals surface area (Å²) >= 11 is 6.59. The van der Waals surface area contributed by atoms with Crippen molar-refractivity contribution in [3.8, 4) is 5.75 Å². The molecule has 0 fully saturated rings. The van der Waals surface area contributed by atoms with Gasteiger partial charge >= 0.3 is 0 Å². The minimum Gasteiger partial charge on any atom is -0.508 e. The molecule has 2 N–H and O–H groups in total. The summed E-state index contributed by atoms with van der Waals surface area (Å²) in [7, 11) is -3.75. The molecule has 0 aliphatic heterocycles. The van der Waals surface area contributed by atoms with E-state index in [2.05, 4.69) is 36.6 Å². The highest BCUT2D eigenvalue weighted by Gasteiger charge is 2.19. The number of aryl methyl sites for hydroxylation is 2. The highest BCUT2D eigenvalue weighted by atomic mass is 79.9. The van der Waals surface area contributed by atoms with E-state index in [4.69, 9.17) is 0 Å². The molecule has 0 bridgehead atoms. The van der Waals surface area contributed by atoms with Gasteiger partial charge in [-0.1, -0.05) is 22.0 Å². The van der Waals surface area contributed by atoms with Crippen molar-refractivity contribution in [3.05, 3.63) is 50.4 Å². The first-order chi connectivity index (χ1) is 9.70. The van der Waals surface area contributed by atoms with Crippen LogP contribution in [0, 0.1) is 13.8 Å². The highest BCUT2D eigenvalue weighted by Crippen LogP contribution is 2.31. The van der Waals surface area contributed by atoms with Crippen LogP contribution in [0.5, 0.6) is 5.75 Å². The summed E-state index contributed by atoms with van der Waals surface area (Å²) in [6.07, 6.45) is 0. The van der Waals surface area contributed by atoms with E-state index in [1.54, 1.807) is 25.1 Å². The third kappa shape index (κ3) is 3.59. The van der Waals surface area contributed by atoms with Gasteiger partial charge < -0.3 is 5.11 Å². The van der Waals surface area contributed by atoms with E-state index in [0.717, 1.165) is 5.56 Å². The van der Waals surface area contributed by atoms with Gasteiger partial charge in [-0.2, -0.15) is 0 Å². The molecule has 112 valence electrons. The third-order valence-electron chi connectivity index (χ3n) is 2.96. The Bertz CT molecular complexity index is 804.